The van der Waals surface area contributed by atoms with Gasteiger partial charge in [0.2, 0.25) is 5.95 Å². The van der Waals surface area contributed by atoms with E-state index in [0.717, 1.165) is 42.4 Å². The van der Waals surface area contributed by atoms with Gasteiger partial charge in [-0.15, -0.1) is 0 Å². The van der Waals surface area contributed by atoms with Crippen LogP contribution >= 0.6 is 11.6 Å². The van der Waals surface area contributed by atoms with E-state index in [9.17, 15) is 18.0 Å². The molecule has 242 valence electrons. The monoisotopic (exact) mass is 666 g/mol. The first kappa shape index (κ1) is 31.4. The van der Waals surface area contributed by atoms with E-state index in [4.69, 9.17) is 11.6 Å². The fourth-order valence-corrected chi connectivity index (χ4v) is 6.28. The van der Waals surface area contributed by atoms with Crippen molar-refractivity contribution in [3.05, 3.63) is 136 Å². The summed E-state index contributed by atoms with van der Waals surface area (Å²) in [5.74, 6) is 0.193. The number of alkyl halides is 3. The highest BCUT2D eigenvalue weighted by Gasteiger charge is 2.33. The lowest BCUT2D eigenvalue weighted by Crippen LogP contribution is -2.25. The Morgan fingerprint density at radius 1 is 0.875 bits per heavy atom. The van der Waals surface area contributed by atoms with Gasteiger partial charge in [0.25, 0.3) is 5.56 Å². The van der Waals surface area contributed by atoms with Crippen molar-refractivity contribution in [2.45, 2.75) is 25.2 Å². The van der Waals surface area contributed by atoms with Gasteiger partial charge in [-0.3, -0.25) is 9.36 Å². The highest BCUT2D eigenvalue weighted by atomic mass is 35.5. The Hall–Kier alpha value is -5.19. The van der Waals surface area contributed by atoms with Crippen LogP contribution < -0.4 is 21.5 Å². The van der Waals surface area contributed by atoms with Gasteiger partial charge in [-0.1, -0.05) is 72.3 Å². The normalized spacial score (nSPS) is 14.7. The van der Waals surface area contributed by atoms with E-state index in [1.807, 2.05) is 60.7 Å². The first-order valence-electron chi connectivity index (χ1n) is 15.5. The number of nitrogens with zero attached hydrogens (tertiary/aromatic N) is 3. The van der Waals surface area contributed by atoms with Crippen LogP contribution in [-0.4, -0.2) is 33.7 Å². The summed E-state index contributed by atoms with van der Waals surface area (Å²) in [6.07, 6.45) is -2.01. The molecule has 4 aromatic carbocycles. The number of fused-ring (bicyclic) bond motifs is 1. The number of halogens is 4. The molecular weight excluding hydrogens is 637 g/mol. The summed E-state index contributed by atoms with van der Waals surface area (Å²) in [5.41, 5.74) is 2.94. The Morgan fingerprint density at radius 2 is 1.62 bits per heavy atom. The zero-order valence-corrected chi connectivity index (χ0v) is 26.3. The molecule has 7 nitrogen and oxygen atoms in total. The predicted molar refractivity (Wildman–Crippen MR) is 185 cm³/mol. The van der Waals surface area contributed by atoms with E-state index < -0.39 is 17.3 Å². The molecule has 7 rings (SSSR count). The third kappa shape index (κ3) is 6.62. The topological polar surface area (TPSA) is 83.9 Å². The molecule has 48 heavy (non-hydrogen) atoms. The number of hydrogen-bond acceptors (Lipinski definition) is 6. The van der Waals surface area contributed by atoms with Gasteiger partial charge in [0, 0.05) is 51.7 Å². The lowest BCUT2D eigenvalue weighted by atomic mass is 10.00. The Kier molecular flexibility index (Phi) is 8.60. The van der Waals surface area contributed by atoms with E-state index in [1.165, 1.54) is 22.8 Å². The van der Waals surface area contributed by atoms with Crippen LogP contribution in [0.15, 0.2) is 114 Å². The SMILES string of the molecule is O=c1c(-c2ccc(-c3ccccc3)cc2Cl)cc2cnc(Nc3ccc(NC4CCNC4)cc3)nc2n1Cc1ccccc1C(F)(F)F. The van der Waals surface area contributed by atoms with Crippen molar-refractivity contribution in [2.24, 2.45) is 0 Å². The van der Waals surface area contributed by atoms with Crippen LogP contribution in [0.25, 0.3) is 33.3 Å². The zero-order valence-electron chi connectivity index (χ0n) is 25.6. The van der Waals surface area contributed by atoms with Crippen molar-refractivity contribution in [3.63, 3.8) is 0 Å². The van der Waals surface area contributed by atoms with E-state index in [-0.39, 0.29) is 29.3 Å². The molecule has 3 heterocycles. The molecule has 1 saturated heterocycles. The Balaban J connectivity index is 1.29. The van der Waals surface area contributed by atoms with Crippen molar-refractivity contribution < 1.29 is 13.2 Å². The summed E-state index contributed by atoms with van der Waals surface area (Å²) >= 11 is 6.76. The molecule has 1 unspecified atom stereocenters. The predicted octanol–water partition coefficient (Wildman–Crippen LogP) is 8.36. The molecule has 1 aliphatic rings. The summed E-state index contributed by atoms with van der Waals surface area (Å²) in [7, 11) is 0. The number of aromatic nitrogens is 3. The molecule has 11 heteroatoms. The molecule has 0 saturated carbocycles. The van der Waals surface area contributed by atoms with Gasteiger partial charge in [-0.05, 0) is 72.1 Å². The maximum absolute atomic E-state index is 14.2. The number of rotatable bonds is 8. The molecule has 0 aliphatic carbocycles. The molecule has 3 N–H and O–H groups in total. The average Bonchev–Trinajstić information content (AvgIpc) is 3.60. The molecule has 0 radical (unpaired) electrons. The molecule has 1 fully saturated rings. The highest BCUT2D eigenvalue weighted by molar-refractivity contribution is 6.33. The summed E-state index contributed by atoms with van der Waals surface area (Å²) < 4.78 is 43.4. The van der Waals surface area contributed by atoms with E-state index >= 15 is 0 Å². The zero-order chi connectivity index (χ0) is 33.3. The second-order valence-electron chi connectivity index (χ2n) is 11.7. The van der Waals surface area contributed by atoms with Gasteiger partial charge in [0.05, 0.1) is 12.1 Å². The van der Waals surface area contributed by atoms with Gasteiger partial charge in [0.15, 0.2) is 0 Å². The van der Waals surface area contributed by atoms with Gasteiger partial charge in [-0.2, -0.15) is 18.2 Å². The molecule has 0 spiro atoms. The molecule has 1 aliphatic heterocycles. The lowest BCUT2D eigenvalue weighted by Gasteiger charge is -2.17. The number of pyridine rings is 1. The van der Waals surface area contributed by atoms with Gasteiger partial charge >= 0.3 is 6.18 Å². The average molecular weight is 667 g/mol. The maximum atomic E-state index is 14.2. The third-order valence-electron chi connectivity index (χ3n) is 8.42. The first-order valence-corrected chi connectivity index (χ1v) is 15.9. The fraction of sp³-hybridized carbons (Fsp3) is 0.162. The van der Waals surface area contributed by atoms with E-state index in [0.29, 0.717) is 27.7 Å². The molecule has 1 atom stereocenters. The second-order valence-corrected chi connectivity index (χ2v) is 12.1. The standard InChI is InChI=1S/C37H30ClF3N6O/c38-33-19-24(23-6-2-1-3-7-23)10-15-30(33)31-18-26-20-43-36(45-28-13-11-27(12-14-28)44-29-16-17-42-21-29)46-34(26)47(35(31)48)22-25-8-4-5-9-32(25)37(39,40)41/h1-15,18-20,29,42,44H,16-17,21-22H2,(H,43,45,46). The summed E-state index contributed by atoms with van der Waals surface area (Å²) in [4.78, 5) is 23.4. The Morgan fingerprint density at radius 3 is 2.35 bits per heavy atom. The van der Waals surface area contributed by atoms with Crippen LogP contribution in [0.1, 0.15) is 17.5 Å². The van der Waals surface area contributed by atoms with Gasteiger partial charge in [-0.25, -0.2) is 4.98 Å². The number of nitrogens with one attached hydrogen (secondary N) is 3. The van der Waals surface area contributed by atoms with Crippen LogP contribution in [0.4, 0.5) is 30.5 Å². The smallest absolute Gasteiger partial charge is 0.381 e. The summed E-state index contributed by atoms with van der Waals surface area (Å²) in [5, 5.41) is 10.8. The highest BCUT2D eigenvalue weighted by Crippen LogP contribution is 2.34. The first-order chi connectivity index (χ1) is 23.2. The van der Waals surface area contributed by atoms with E-state index in [2.05, 4.69) is 25.9 Å². The van der Waals surface area contributed by atoms with Crippen LogP contribution in [0.3, 0.4) is 0 Å². The minimum atomic E-state index is -4.61. The number of anilines is 3. The largest absolute Gasteiger partial charge is 0.416 e. The number of benzene rings is 4. The molecule has 0 bridgehead atoms. The van der Waals surface area contributed by atoms with Crippen LogP contribution in [0.2, 0.25) is 5.02 Å². The molecule has 0 amide bonds. The van der Waals surface area contributed by atoms with Crippen LogP contribution in [0.5, 0.6) is 0 Å². The lowest BCUT2D eigenvalue weighted by molar-refractivity contribution is -0.138. The quantitative estimate of drug-likeness (QED) is 0.151. The van der Waals surface area contributed by atoms with Gasteiger partial charge in [0.1, 0.15) is 5.65 Å². The molecular formula is C37H30ClF3N6O. The maximum Gasteiger partial charge on any atom is 0.416 e. The van der Waals surface area contributed by atoms with Crippen molar-refractivity contribution in [1.82, 2.24) is 19.9 Å². The van der Waals surface area contributed by atoms with Crippen molar-refractivity contribution in [2.75, 3.05) is 23.7 Å². The third-order valence-corrected chi connectivity index (χ3v) is 8.73. The Bertz CT molecular complexity index is 2150. The summed E-state index contributed by atoms with van der Waals surface area (Å²) in [6, 6.07) is 29.9. The second kappa shape index (κ2) is 13.1. The summed E-state index contributed by atoms with van der Waals surface area (Å²) in [6.45, 7) is 1.52. The van der Waals surface area contributed by atoms with Crippen molar-refractivity contribution in [3.8, 4) is 22.3 Å². The fourth-order valence-electron chi connectivity index (χ4n) is 6.00. The minimum Gasteiger partial charge on any atom is -0.381 e. The Labute approximate surface area is 279 Å². The molecule has 6 aromatic rings. The van der Waals surface area contributed by atoms with Gasteiger partial charge < -0.3 is 16.0 Å². The van der Waals surface area contributed by atoms with Crippen molar-refractivity contribution in [1.29, 1.82) is 0 Å². The molecule has 2 aromatic heterocycles. The minimum absolute atomic E-state index is 0.0651. The van der Waals surface area contributed by atoms with Crippen LogP contribution in [0, 0.1) is 0 Å². The van der Waals surface area contributed by atoms with Crippen LogP contribution in [-0.2, 0) is 12.7 Å². The van der Waals surface area contributed by atoms with Crippen molar-refractivity contribution >= 4 is 40.0 Å². The number of hydrogen-bond donors (Lipinski definition) is 3. The van der Waals surface area contributed by atoms with E-state index in [1.54, 1.807) is 24.4 Å².